The first-order chi connectivity index (χ1) is 17.4. The number of nitrogens with zero attached hydrogens (tertiary/aromatic N) is 2. The Labute approximate surface area is 234 Å². The van der Waals surface area contributed by atoms with Gasteiger partial charge < -0.3 is 35.8 Å². The van der Waals surface area contributed by atoms with Crippen LogP contribution in [0.15, 0.2) is 66.2 Å². The largest absolute Gasteiger partial charge is 1.00 e. The highest BCUT2D eigenvalue weighted by molar-refractivity contribution is 6.30. The summed E-state index contributed by atoms with van der Waals surface area (Å²) >= 11 is 6.19. The van der Waals surface area contributed by atoms with E-state index < -0.39 is 0 Å². The van der Waals surface area contributed by atoms with E-state index in [-0.39, 0.29) is 22.8 Å². The standard InChI is InChI=1S/C30H32ClN2O3.BrH/c1-33(20-22-5-4-6-25(31)16-22)13-11-32(12-14-33)26-9-7-21(8-10-26)15-24-17-23-18-28(35-2)29(36-3)19-27(23)30(24)34;/h4-10,15-16,18-19H,11-14,17,20H2,1-3H3;1H/q+1;/p-1/b24-15+;. The number of hydrogen-bond donors (Lipinski definition) is 0. The van der Waals surface area contributed by atoms with Crippen molar-refractivity contribution in [3.8, 4) is 11.5 Å². The van der Waals surface area contributed by atoms with Gasteiger partial charge in [0.1, 0.15) is 6.54 Å². The molecule has 1 fully saturated rings. The SMILES string of the molecule is COc1cc2c(cc1OC)C(=O)/C(=C/c1ccc(N3CC[N+](C)(Cc4cccc(Cl)c4)CC3)cc1)C2.[Br-]. The number of methoxy groups -OCH3 is 2. The van der Waals surface area contributed by atoms with Crippen LogP contribution in [-0.4, -0.2) is 57.7 Å². The van der Waals surface area contributed by atoms with E-state index in [9.17, 15) is 4.79 Å². The first-order valence-corrected chi connectivity index (χ1v) is 12.7. The molecular weight excluding hydrogens is 552 g/mol. The Morgan fingerprint density at radius 2 is 1.65 bits per heavy atom. The van der Waals surface area contributed by atoms with Crippen molar-refractivity contribution in [1.29, 1.82) is 0 Å². The third-order valence-corrected chi connectivity index (χ3v) is 7.63. The lowest BCUT2D eigenvalue weighted by Gasteiger charge is -2.43. The molecule has 5 rings (SSSR count). The number of carbonyl (C=O) groups is 1. The Bertz CT molecular complexity index is 1310. The molecule has 2 aliphatic rings. The summed E-state index contributed by atoms with van der Waals surface area (Å²) in [4.78, 5) is 15.5. The van der Waals surface area contributed by atoms with Crippen molar-refractivity contribution in [2.45, 2.75) is 13.0 Å². The Morgan fingerprint density at radius 1 is 0.973 bits per heavy atom. The van der Waals surface area contributed by atoms with Gasteiger partial charge in [0.05, 0.1) is 47.4 Å². The number of benzene rings is 3. The van der Waals surface area contributed by atoms with Crippen molar-refractivity contribution in [2.24, 2.45) is 0 Å². The molecule has 1 aliphatic carbocycles. The van der Waals surface area contributed by atoms with Gasteiger partial charge in [-0.2, -0.15) is 0 Å². The van der Waals surface area contributed by atoms with E-state index in [1.165, 1.54) is 11.3 Å². The number of fused-ring (bicyclic) bond motifs is 1. The number of allylic oxidation sites excluding steroid dienone is 1. The zero-order valence-electron chi connectivity index (χ0n) is 21.5. The number of ether oxygens (including phenoxy) is 2. The van der Waals surface area contributed by atoms with Gasteiger partial charge in [-0.15, -0.1) is 0 Å². The molecule has 0 spiro atoms. The summed E-state index contributed by atoms with van der Waals surface area (Å²) in [5, 5.41) is 0.801. The number of anilines is 1. The van der Waals surface area contributed by atoms with Gasteiger partial charge in [-0.3, -0.25) is 4.79 Å². The number of halogens is 2. The molecule has 1 heterocycles. The zero-order chi connectivity index (χ0) is 25.3. The van der Waals surface area contributed by atoms with Crippen LogP contribution in [0.1, 0.15) is 27.0 Å². The summed E-state index contributed by atoms with van der Waals surface area (Å²) in [6.45, 7) is 5.18. The molecule has 7 heteroatoms. The molecule has 0 atom stereocenters. The fourth-order valence-electron chi connectivity index (χ4n) is 5.28. The number of rotatable bonds is 6. The van der Waals surface area contributed by atoms with Gasteiger partial charge >= 0.3 is 0 Å². The van der Waals surface area contributed by atoms with Crippen molar-refractivity contribution < 1.29 is 35.7 Å². The van der Waals surface area contributed by atoms with Crippen molar-refractivity contribution in [1.82, 2.24) is 0 Å². The highest BCUT2D eigenvalue weighted by atomic mass is 79.9. The fraction of sp³-hybridized carbons (Fsp3) is 0.300. The monoisotopic (exact) mass is 582 g/mol. The molecular formula is C30H32BrClN2O3. The van der Waals surface area contributed by atoms with Crippen LogP contribution < -0.4 is 31.4 Å². The molecule has 0 amide bonds. The third-order valence-electron chi connectivity index (χ3n) is 7.40. The highest BCUT2D eigenvalue weighted by Gasteiger charge is 2.30. The number of hydrogen-bond acceptors (Lipinski definition) is 4. The van der Waals surface area contributed by atoms with Gasteiger partial charge in [-0.1, -0.05) is 35.9 Å². The Kier molecular flexibility index (Phi) is 8.32. The second-order valence-corrected chi connectivity index (χ2v) is 10.4. The molecule has 194 valence electrons. The average Bonchev–Trinajstić information content (AvgIpc) is 3.18. The summed E-state index contributed by atoms with van der Waals surface area (Å²) < 4.78 is 11.8. The van der Waals surface area contributed by atoms with Gasteiger partial charge in [-0.05, 0) is 53.6 Å². The minimum atomic E-state index is 0. The maximum absolute atomic E-state index is 13.0. The van der Waals surface area contributed by atoms with Crippen molar-refractivity contribution in [2.75, 3.05) is 52.3 Å². The van der Waals surface area contributed by atoms with E-state index >= 15 is 0 Å². The molecule has 1 saturated heterocycles. The zero-order valence-corrected chi connectivity index (χ0v) is 23.8. The number of Topliss-reactive ketones (excluding diaryl/α,β-unsaturated/α-hetero) is 1. The molecule has 3 aromatic carbocycles. The average molecular weight is 584 g/mol. The molecule has 0 unspecified atom stereocenters. The quantitative estimate of drug-likeness (QED) is 0.331. The summed E-state index contributed by atoms with van der Waals surface area (Å²) in [5.41, 5.74) is 6.01. The van der Waals surface area contributed by atoms with E-state index in [4.69, 9.17) is 21.1 Å². The first-order valence-electron chi connectivity index (χ1n) is 12.3. The summed E-state index contributed by atoms with van der Waals surface area (Å²) in [6, 6.07) is 20.4. The molecule has 3 aromatic rings. The van der Waals surface area contributed by atoms with Crippen LogP contribution in [-0.2, 0) is 13.0 Å². The van der Waals surface area contributed by atoms with Crippen LogP contribution in [0.4, 0.5) is 5.69 Å². The Balaban J connectivity index is 0.00000320. The van der Waals surface area contributed by atoms with Gasteiger partial charge in [0.2, 0.25) is 0 Å². The van der Waals surface area contributed by atoms with E-state index in [1.807, 2.05) is 24.3 Å². The van der Waals surface area contributed by atoms with Crippen LogP contribution in [0.5, 0.6) is 11.5 Å². The van der Waals surface area contributed by atoms with Crippen LogP contribution in [0.2, 0.25) is 5.02 Å². The van der Waals surface area contributed by atoms with E-state index in [0.717, 1.165) is 58.9 Å². The molecule has 0 bridgehead atoms. The topological polar surface area (TPSA) is 38.8 Å². The molecule has 0 N–H and O–H groups in total. The number of quaternary nitrogens is 1. The van der Waals surface area contributed by atoms with Gasteiger partial charge in [0.25, 0.3) is 0 Å². The van der Waals surface area contributed by atoms with Crippen molar-refractivity contribution in [3.63, 3.8) is 0 Å². The van der Waals surface area contributed by atoms with Crippen molar-refractivity contribution in [3.05, 3.63) is 93.5 Å². The number of ketones is 1. The summed E-state index contributed by atoms with van der Waals surface area (Å²) in [6.07, 6.45) is 2.60. The van der Waals surface area contributed by atoms with Crippen LogP contribution >= 0.6 is 11.6 Å². The lowest BCUT2D eigenvalue weighted by Crippen LogP contribution is -3.00. The predicted octanol–water partition coefficient (Wildman–Crippen LogP) is 2.65. The van der Waals surface area contributed by atoms with Crippen LogP contribution in [0, 0.1) is 0 Å². The maximum atomic E-state index is 13.0. The van der Waals surface area contributed by atoms with Gasteiger partial charge in [-0.25, -0.2) is 0 Å². The predicted molar refractivity (Wildman–Crippen MR) is 145 cm³/mol. The molecule has 0 saturated carbocycles. The Morgan fingerprint density at radius 3 is 2.30 bits per heavy atom. The summed E-state index contributed by atoms with van der Waals surface area (Å²) in [5.74, 6) is 1.29. The number of piperazine rings is 1. The van der Waals surface area contributed by atoms with E-state index in [1.54, 1.807) is 20.3 Å². The Hall–Kier alpha value is -2.80. The lowest BCUT2D eigenvalue weighted by molar-refractivity contribution is -0.923. The smallest absolute Gasteiger partial charge is 0.189 e. The first kappa shape index (κ1) is 27.2. The lowest BCUT2D eigenvalue weighted by atomic mass is 10.1. The van der Waals surface area contributed by atoms with Crippen LogP contribution in [0.3, 0.4) is 0 Å². The maximum Gasteiger partial charge on any atom is 0.189 e. The van der Waals surface area contributed by atoms with E-state index in [0.29, 0.717) is 23.5 Å². The minimum Gasteiger partial charge on any atom is -1.00 e. The van der Waals surface area contributed by atoms with Crippen molar-refractivity contribution >= 4 is 29.1 Å². The second-order valence-electron chi connectivity index (χ2n) is 9.97. The second kappa shape index (κ2) is 11.3. The molecule has 1 aliphatic heterocycles. The van der Waals surface area contributed by atoms with E-state index in [2.05, 4.69) is 48.3 Å². The fourth-order valence-corrected chi connectivity index (χ4v) is 5.49. The third kappa shape index (κ3) is 5.87. The number of likely N-dealkylation sites (N-methyl/N-ethyl adjacent to an activating group) is 1. The van der Waals surface area contributed by atoms with Crippen LogP contribution in [0.25, 0.3) is 6.08 Å². The highest BCUT2D eigenvalue weighted by Crippen LogP contribution is 2.37. The van der Waals surface area contributed by atoms with Gasteiger partial charge in [0, 0.05) is 33.8 Å². The normalized spacial score (nSPS) is 17.4. The molecule has 37 heavy (non-hydrogen) atoms. The molecule has 5 nitrogen and oxygen atoms in total. The molecule has 0 radical (unpaired) electrons. The number of carbonyl (C=O) groups excluding carboxylic acids is 1. The minimum absolute atomic E-state index is 0. The summed E-state index contributed by atoms with van der Waals surface area (Å²) in [7, 11) is 5.53. The molecule has 0 aromatic heterocycles. The van der Waals surface area contributed by atoms with Gasteiger partial charge in [0.15, 0.2) is 17.3 Å².